The van der Waals surface area contributed by atoms with Gasteiger partial charge in [-0.15, -0.1) is 0 Å². The fourth-order valence-corrected chi connectivity index (χ4v) is 2.91. The van der Waals surface area contributed by atoms with E-state index in [2.05, 4.69) is 4.98 Å². The number of carbonyl (C=O) groups is 2. The van der Waals surface area contributed by atoms with Gasteiger partial charge in [-0.05, 0) is 18.6 Å². The summed E-state index contributed by atoms with van der Waals surface area (Å²) in [6, 6.07) is 3.39. The van der Waals surface area contributed by atoms with E-state index in [4.69, 9.17) is 11.5 Å². The van der Waals surface area contributed by atoms with Gasteiger partial charge in [0.1, 0.15) is 5.69 Å². The zero-order valence-electron chi connectivity index (χ0n) is 11.1. The molecule has 1 unspecified atom stereocenters. The monoisotopic (exact) mass is 275 g/mol. The van der Waals surface area contributed by atoms with Crippen LogP contribution in [-0.4, -0.2) is 47.4 Å². The maximum atomic E-state index is 11.7. The Morgan fingerprint density at radius 1 is 1.35 bits per heavy atom. The quantitative estimate of drug-likeness (QED) is 0.762. The van der Waals surface area contributed by atoms with Gasteiger partial charge in [-0.25, -0.2) is 4.98 Å². The molecule has 106 valence electrons. The molecular formula is C13H17N5O2. The standard InChI is InChI=1S/C13H17N5O2/c14-9-2-3-10(12(15)20)16-13(9)17-5-6-18-8(7-17)1-4-11(18)19/h2-3,8H,1,4-7,14H2,(H2,15,20). The average molecular weight is 275 g/mol. The summed E-state index contributed by atoms with van der Waals surface area (Å²) in [6.45, 7) is 2.04. The molecule has 0 saturated carbocycles. The van der Waals surface area contributed by atoms with Crippen LogP contribution in [0.1, 0.15) is 23.3 Å². The minimum absolute atomic E-state index is 0.208. The lowest BCUT2D eigenvalue weighted by atomic mass is 10.1. The molecule has 1 aromatic heterocycles. The van der Waals surface area contributed by atoms with Gasteiger partial charge in [0.25, 0.3) is 5.91 Å². The summed E-state index contributed by atoms with van der Waals surface area (Å²) < 4.78 is 0. The number of piperazine rings is 1. The first-order chi connectivity index (χ1) is 9.56. The van der Waals surface area contributed by atoms with Crippen LogP contribution >= 0.6 is 0 Å². The number of primary amides is 1. The van der Waals surface area contributed by atoms with E-state index in [-0.39, 0.29) is 17.6 Å². The van der Waals surface area contributed by atoms with E-state index in [1.54, 1.807) is 6.07 Å². The summed E-state index contributed by atoms with van der Waals surface area (Å²) in [5.74, 6) is 0.239. The highest BCUT2D eigenvalue weighted by Crippen LogP contribution is 2.28. The number of hydrogen-bond acceptors (Lipinski definition) is 5. The first-order valence-electron chi connectivity index (χ1n) is 6.67. The van der Waals surface area contributed by atoms with Crippen LogP contribution < -0.4 is 16.4 Å². The molecule has 0 aliphatic carbocycles. The van der Waals surface area contributed by atoms with Crippen molar-refractivity contribution >= 4 is 23.3 Å². The number of fused-ring (bicyclic) bond motifs is 1. The van der Waals surface area contributed by atoms with Gasteiger partial charge < -0.3 is 21.3 Å². The molecule has 1 atom stereocenters. The fraction of sp³-hybridized carbons (Fsp3) is 0.462. The molecule has 2 fully saturated rings. The van der Waals surface area contributed by atoms with Gasteiger partial charge in [-0.2, -0.15) is 0 Å². The lowest BCUT2D eigenvalue weighted by Gasteiger charge is -2.38. The summed E-state index contributed by atoms with van der Waals surface area (Å²) in [4.78, 5) is 31.1. The van der Waals surface area contributed by atoms with Gasteiger partial charge >= 0.3 is 0 Å². The molecule has 0 spiro atoms. The van der Waals surface area contributed by atoms with Gasteiger partial charge in [0.15, 0.2) is 5.82 Å². The molecular weight excluding hydrogens is 258 g/mol. The number of aromatic nitrogens is 1. The van der Waals surface area contributed by atoms with Crippen LogP contribution in [0.2, 0.25) is 0 Å². The number of pyridine rings is 1. The van der Waals surface area contributed by atoms with Crippen molar-refractivity contribution in [3.05, 3.63) is 17.8 Å². The second-order valence-corrected chi connectivity index (χ2v) is 5.20. The van der Waals surface area contributed by atoms with Crippen molar-refractivity contribution in [2.45, 2.75) is 18.9 Å². The predicted molar refractivity (Wildman–Crippen MR) is 74.1 cm³/mol. The molecule has 1 aromatic rings. The zero-order chi connectivity index (χ0) is 14.3. The highest BCUT2D eigenvalue weighted by Gasteiger charge is 2.36. The van der Waals surface area contributed by atoms with Crippen LogP contribution in [0.25, 0.3) is 0 Å². The molecule has 3 heterocycles. The molecule has 3 rings (SSSR count). The Morgan fingerprint density at radius 3 is 2.90 bits per heavy atom. The minimum Gasteiger partial charge on any atom is -0.396 e. The minimum atomic E-state index is -0.569. The molecule has 2 saturated heterocycles. The van der Waals surface area contributed by atoms with Gasteiger partial charge in [-0.3, -0.25) is 9.59 Å². The van der Waals surface area contributed by atoms with Crippen LogP contribution in [0.15, 0.2) is 12.1 Å². The fourth-order valence-electron chi connectivity index (χ4n) is 2.91. The van der Waals surface area contributed by atoms with Gasteiger partial charge in [0.2, 0.25) is 5.91 Å². The lowest BCUT2D eigenvalue weighted by Crippen LogP contribution is -2.52. The molecule has 2 aliphatic rings. The molecule has 4 N–H and O–H groups in total. The third kappa shape index (κ3) is 2.04. The van der Waals surface area contributed by atoms with E-state index in [0.717, 1.165) is 6.42 Å². The lowest BCUT2D eigenvalue weighted by molar-refractivity contribution is -0.129. The van der Waals surface area contributed by atoms with Crippen molar-refractivity contribution in [3.8, 4) is 0 Å². The Hall–Kier alpha value is -2.31. The Kier molecular flexibility index (Phi) is 2.96. The van der Waals surface area contributed by atoms with Crippen molar-refractivity contribution in [1.29, 1.82) is 0 Å². The first-order valence-corrected chi connectivity index (χ1v) is 6.67. The van der Waals surface area contributed by atoms with Crippen LogP contribution in [0.3, 0.4) is 0 Å². The zero-order valence-corrected chi connectivity index (χ0v) is 11.1. The van der Waals surface area contributed by atoms with E-state index < -0.39 is 5.91 Å². The van der Waals surface area contributed by atoms with E-state index in [1.807, 2.05) is 9.80 Å². The van der Waals surface area contributed by atoms with Crippen molar-refractivity contribution in [2.75, 3.05) is 30.3 Å². The van der Waals surface area contributed by atoms with Crippen LogP contribution in [0.5, 0.6) is 0 Å². The second-order valence-electron chi connectivity index (χ2n) is 5.20. The van der Waals surface area contributed by atoms with Gasteiger partial charge in [0, 0.05) is 32.1 Å². The van der Waals surface area contributed by atoms with Crippen molar-refractivity contribution in [3.63, 3.8) is 0 Å². The van der Waals surface area contributed by atoms with Crippen molar-refractivity contribution < 1.29 is 9.59 Å². The number of anilines is 2. The maximum absolute atomic E-state index is 11.7. The number of nitrogens with zero attached hydrogens (tertiary/aromatic N) is 3. The van der Waals surface area contributed by atoms with E-state index in [1.165, 1.54) is 6.07 Å². The Labute approximate surface area is 116 Å². The molecule has 0 bridgehead atoms. The summed E-state index contributed by atoms with van der Waals surface area (Å²) in [5.41, 5.74) is 11.9. The molecule has 7 heteroatoms. The molecule has 2 amide bonds. The average Bonchev–Trinajstić information content (AvgIpc) is 2.80. The maximum Gasteiger partial charge on any atom is 0.267 e. The number of nitrogens with two attached hydrogens (primary N) is 2. The van der Waals surface area contributed by atoms with Crippen molar-refractivity contribution in [2.24, 2.45) is 5.73 Å². The summed E-state index contributed by atoms with van der Waals surface area (Å²) in [7, 11) is 0. The highest BCUT2D eigenvalue weighted by molar-refractivity contribution is 5.92. The SMILES string of the molecule is NC(=O)c1ccc(N)c(N2CCN3C(=O)CCC3C2)n1. The third-order valence-electron chi connectivity index (χ3n) is 3.95. The van der Waals surface area contributed by atoms with Crippen LogP contribution in [0, 0.1) is 0 Å². The number of rotatable bonds is 2. The third-order valence-corrected chi connectivity index (χ3v) is 3.95. The Bertz CT molecular complexity index is 574. The second kappa shape index (κ2) is 4.66. The number of nitrogen functional groups attached to an aromatic ring is 1. The van der Waals surface area contributed by atoms with Crippen LogP contribution in [0.4, 0.5) is 11.5 Å². The Morgan fingerprint density at radius 2 is 2.15 bits per heavy atom. The molecule has 0 aromatic carbocycles. The van der Waals surface area contributed by atoms with Gasteiger partial charge in [0.05, 0.1) is 5.69 Å². The van der Waals surface area contributed by atoms with E-state index in [0.29, 0.717) is 37.6 Å². The molecule has 7 nitrogen and oxygen atoms in total. The highest BCUT2D eigenvalue weighted by atomic mass is 16.2. The molecule has 20 heavy (non-hydrogen) atoms. The number of hydrogen-bond donors (Lipinski definition) is 2. The molecule has 0 radical (unpaired) electrons. The normalized spacial score (nSPS) is 22.0. The number of amides is 2. The smallest absolute Gasteiger partial charge is 0.267 e. The largest absolute Gasteiger partial charge is 0.396 e. The molecule has 2 aliphatic heterocycles. The van der Waals surface area contributed by atoms with Crippen LogP contribution in [-0.2, 0) is 4.79 Å². The summed E-state index contributed by atoms with van der Waals surface area (Å²) >= 11 is 0. The Balaban J connectivity index is 1.85. The van der Waals surface area contributed by atoms with E-state index >= 15 is 0 Å². The topological polar surface area (TPSA) is 106 Å². The van der Waals surface area contributed by atoms with E-state index in [9.17, 15) is 9.59 Å². The summed E-state index contributed by atoms with van der Waals surface area (Å²) in [6.07, 6.45) is 1.48. The predicted octanol–water partition coefficient (Wildman–Crippen LogP) is -0.426. The first kappa shape index (κ1) is 12.7. The van der Waals surface area contributed by atoms with Gasteiger partial charge in [-0.1, -0.05) is 0 Å². The van der Waals surface area contributed by atoms with Crippen molar-refractivity contribution in [1.82, 2.24) is 9.88 Å². The number of carbonyl (C=O) groups excluding carboxylic acids is 2. The summed E-state index contributed by atoms with van der Waals surface area (Å²) in [5, 5.41) is 0.